The number of aryl methyl sites for hydroxylation is 2. The highest BCUT2D eigenvalue weighted by atomic mass is 16.6. The smallest absolute Gasteiger partial charge is 0.410 e. The number of aliphatic carboxylic acids is 1. The SMILES string of the molecule is CC(C)[C@H](CC(=O)[C@H](C)N(C)C(=O)OC(C)(C)C)C(=O)N1CCN(Cc2ccccc2)C[C@H]1C(=O)C[C@@H]1CCCc2ccccc21.CN[C@@H](C)C(=O)C[C@H](C(=O)N1CCN(Cc2ccccc2)C[C@H]1C(=O)C[C@@H]1CCCc2ccccc21)C(C)C.C[C@@H](C(=O)O)N(C)C(=O)OC(C)(C)C. The molecule has 4 aliphatic rings. The van der Waals surface area contributed by atoms with E-state index >= 15 is 0 Å². The lowest BCUT2D eigenvalue weighted by atomic mass is 9.79. The summed E-state index contributed by atoms with van der Waals surface area (Å²) in [5, 5.41) is 11.7. The quantitative estimate of drug-likeness (QED) is 0.0665. The van der Waals surface area contributed by atoms with Crippen molar-refractivity contribution in [2.75, 3.05) is 60.4 Å². The molecule has 0 radical (unpaired) electrons. The van der Waals surface area contributed by atoms with E-state index in [4.69, 9.17) is 14.6 Å². The number of carbonyl (C=O) groups is 9. The molecule has 2 fully saturated rings. The summed E-state index contributed by atoms with van der Waals surface area (Å²) in [6.07, 6.45) is 6.02. The summed E-state index contributed by atoms with van der Waals surface area (Å²) in [6, 6.07) is 34.4. The number of nitrogens with one attached hydrogen (secondary N) is 1. The van der Waals surface area contributed by atoms with E-state index in [1.165, 1.54) is 52.3 Å². The van der Waals surface area contributed by atoms with Crippen LogP contribution in [-0.2, 0) is 69.0 Å². The highest BCUT2D eigenvalue weighted by Gasteiger charge is 2.43. The monoisotopic (exact) mass is 1370 g/mol. The lowest BCUT2D eigenvalue weighted by molar-refractivity contribution is -0.149. The fourth-order valence-corrected chi connectivity index (χ4v) is 13.6. The summed E-state index contributed by atoms with van der Waals surface area (Å²) in [6.45, 7) is 28.1. The molecule has 2 heterocycles. The third-order valence-electron chi connectivity index (χ3n) is 20.0. The van der Waals surface area contributed by atoms with Gasteiger partial charge in [0.25, 0.3) is 0 Å². The maximum Gasteiger partial charge on any atom is 0.410 e. The molecule has 4 amide bonds. The minimum Gasteiger partial charge on any atom is -0.480 e. The Labute approximate surface area is 590 Å². The van der Waals surface area contributed by atoms with Crippen LogP contribution in [0.5, 0.6) is 0 Å². The van der Waals surface area contributed by atoms with Gasteiger partial charge < -0.3 is 34.6 Å². The van der Waals surface area contributed by atoms with Gasteiger partial charge in [-0.3, -0.25) is 43.5 Å². The number of carboxylic acid groups (broad SMARTS) is 1. The van der Waals surface area contributed by atoms with Crippen molar-refractivity contribution in [2.24, 2.45) is 23.7 Å². The van der Waals surface area contributed by atoms with E-state index in [0.717, 1.165) is 50.0 Å². The lowest BCUT2D eigenvalue weighted by Gasteiger charge is -2.43. The van der Waals surface area contributed by atoms with Crippen LogP contribution in [0.15, 0.2) is 109 Å². The standard InChI is InChI=1S/C38H53N3O5.C33H45N3O3.C9H17NO4/c1-26(2)32(23-34(42)27(3)39(7)37(45)46-38(4,5)6)36(44)41-21-20-40(24-28-14-9-8-10-15-28)25-33(41)35(43)22-30-18-13-17-29-16-11-12-19-31(29)30;1-23(2)29(20-31(37)24(3)34-4)33(39)36-18-17-35(21-25-11-6-5-7-12-25)22-30(36)32(38)19-27-15-10-14-26-13-8-9-16-28(26)27;1-6(7(11)12)10(5)8(13)14-9(2,3)4/h8-12,14-16,19,26-27,30,32-33H,13,17-18,20-25H2,1-7H3;5-9,11-13,16,23-24,27,29-30,34H,10,14-15,17-22H2,1-4H3;6H,1-5H3,(H,11,12)/t27-,30-,32-,33-;24-,27-,29-,30-;6-/m000/s1. The second kappa shape index (κ2) is 37.2. The van der Waals surface area contributed by atoms with Crippen molar-refractivity contribution in [1.29, 1.82) is 0 Å². The molecule has 4 aromatic rings. The van der Waals surface area contributed by atoms with Gasteiger partial charge in [-0.05, 0) is 165 Å². The summed E-state index contributed by atoms with van der Waals surface area (Å²) in [5.41, 5.74) is 6.29. The normalized spacial score (nSPS) is 19.6. The van der Waals surface area contributed by atoms with E-state index in [1.54, 1.807) is 67.5 Å². The van der Waals surface area contributed by atoms with E-state index in [0.29, 0.717) is 58.7 Å². The number of fused-ring (bicyclic) bond motifs is 2. The third-order valence-corrected chi connectivity index (χ3v) is 20.0. The first-order chi connectivity index (χ1) is 46.7. The number of rotatable bonds is 24. The van der Waals surface area contributed by atoms with E-state index in [2.05, 4.69) is 81.8 Å². The second-order valence-electron chi connectivity index (χ2n) is 30.4. The first kappa shape index (κ1) is 80.4. The van der Waals surface area contributed by atoms with Crippen molar-refractivity contribution in [1.82, 2.24) is 34.7 Å². The zero-order chi connectivity index (χ0) is 73.1. The summed E-state index contributed by atoms with van der Waals surface area (Å²) < 4.78 is 10.5. The van der Waals surface area contributed by atoms with Crippen LogP contribution in [0.25, 0.3) is 0 Å². The summed E-state index contributed by atoms with van der Waals surface area (Å²) in [5.74, 6) is -2.02. The molecule has 542 valence electrons. The number of benzene rings is 4. The number of carboxylic acids is 1. The van der Waals surface area contributed by atoms with Crippen LogP contribution in [0.3, 0.4) is 0 Å². The summed E-state index contributed by atoms with van der Waals surface area (Å²) in [4.78, 5) is 128. The van der Waals surface area contributed by atoms with Crippen LogP contribution < -0.4 is 5.32 Å². The van der Waals surface area contributed by atoms with Crippen LogP contribution >= 0.6 is 0 Å². The molecule has 4 aromatic carbocycles. The minimum absolute atomic E-state index is 0.00799. The van der Waals surface area contributed by atoms with Crippen LogP contribution in [-0.4, -0.2) is 189 Å². The van der Waals surface area contributed by atoms with E-state index in [1.807, 2.05) is 82.0 Å². The first-order valence-corrected chi connectivity index (χ1v) is 35.9. The average Bonchev–Trinajstić information content (AvgIpc) is 0.802. The molecule has 0 unspecified atom stereocenters. The Kier molecular flexibility index (Phi) is 30.2. The second-order valence-corrected chi connectivity index (χ2v) is 30.4. The van der Waals surface area contributed by atoms with Gasteiger partial charge >= 0.3 is 18.2 Å². The Bertz CT molecular complexity index is 3340. The number of hydrogen-bond acceptors (Lipinski definition) is 14. The fourth-order valence-electron chi connectivity index (χ4n) is 13.6. The van der Waals surface area contributed by atoms with Gasteiger partial charge in [0.05, 0.1) is 12.1 Å². The summed E-state index contributed by atoms with van der Waals surface area (Å²) >= 11 is 0. The summed E-state index contributed by atoms with van der Waals surface area (Å²) in [7, 11) is 4.71. The lowest BCUT2D eigenvalue weighted by Crippen LogP contribution is -2.59. The fraction of sp³-hybridized carbons (Fsp3) is 0.588. The number of nitrogens with zero attached hydrogens (tertiary/aromatic N) is 6. The molecule has 9 atom stereocenters. The van der Waals surface area contributed by atoms with Crippen molar-refractivity contribution >= 4 is 53.1 Å². The maximum absolute atomic E-state index is 14.4. The van der Waals surface area contributed by atoms with Gasteiger partial charge in [0, 0.05) is 104 Å². The molecule has 0 spiro atoms. The first-order valence-electron chi connectivity index (χ1n) is 35.9. The molecule has 99 heavy (non-hydrogen) atoms. The minimum atomic E-state index is -1.06. The Morgan fingerprint density at radius 2 is 0.879 bits per heavy atom. The van der Waals surface area contributed by atoms with Crippen molar-refractivity contribution < 1.29 is 57.7 Å². The number of hydrogen-bond donors (Lipinski definition) is 2. The molecule has 8 rings (SSSR count). The van der Waals surface area contributed by atoms with Gasteiger partial charge in [-0.1, -0.05) is 137 Å². The van der Waals surface area contributed by atoms with Gasteiger partial charge in [0.15, 0.2) is 17.3 Å². The average molecular weight is 1370 g/mol. The molecular formula is C80H115N7O12. The van der Waals surface area contributed by atoms with E-state index < -0.39 is 65.4 Å². The molecule has 19 heteroatoms. The van der Waals surface area contributed by atoms with Crippen LogP contribution in [0.2, 0.25) is 0 Å². The van der Waals surface area contributed by atoms with Crippen molar-refractivity contribution in [3.63, 3.8) is 0 Å². The molecule has 0 bridgehead atoms. The van der Waals surface area contributed by atoms with Gasteiger partial charge in [0.1, 0.15) is 35.1 Å². The van der Waals surface area contributed by atoms with Crippen molar-refractivity contribution in [3.05, 3.63) is 143 Å². The Morgan fingerprint density at radius 1 is 0.515 bits per heavy atom. The molecule has 0 saturated carbocycles. The van der Waals surface area contributed by atoms with Gasteiger partial charge in [-0.25, -0.2) is 14.4 Å². The Balaban J connectivity index is 0.000000264. The number of Topliss-reactive ketones (excluding diaryl/α,β-unsaturated/α-hetero) is 4. The molecular weight excluding hydrogens is 1250 g/mol. The zero-order valence-electron chi connectivity index (χ0n) is 62.1. The number of piperazine rings is 2. The predicted octanol–water partition coefficient (Wildman–Crippen LogP) is 12.2. The van der Waals surface area contributed by atoms with E-state index in [-0.39, 0.29) is 77.5 Å². The van der Waals surface area contributed by atoms with Crippen LogP contribution in [0.1, 0.15) is 187 Å². The van der Waals surface area contributed by atoms with Gasteiger partial charge in [0.2, 0.25) is 11.8 Å². The number of likely N-dealkylation sites (N-methyl/N-ethyl adjacent to an activating group) is 3. The van der Waals surface area contributed by atoms with Crippen LogP contribution in [0, 0.1) is 23.7 Å². The highest BCUT2D eigenvalue weighted by Crippen LogP contribution is 2.38. The van der Waals surface area contributed by atoms with Crippen molar-refractivity contribution in [3.8, 4) is 0 Å². The highest BCUT2D eigenvalue weighted by molar-refractivity contribution is 5.95. The largest absolute Gasteiger partial charge is 0.480 e. The van der Waals surface area contributed by atoms with Crippen molar-refractivity contribution in [2.45, 2.75) is 221 Å². The number of ether oxygens (including phenoxy) is 2. The number of carbonyl (C=O) groups excluding carboxylic acids is 8. The Morgan fingerprint density at radius 3 is 1.24 bits per heavy atom. The maximum atomic E-state index is 14.4. The Hall–Kier alpha value is -7.61. The molecule has 2 N–H and O–H groups in total. The van der Waals surface area contributed by atoms with Gasteiger partial charge in [-0.2, -0.15) is 0 Å². The number of ketones is 4. The molecule has 0 aromatic heterocycles. The topological polar surface area (TPSA) is 224 Å². The van der Waals surface area contributed by atoms with Crippen LogP contribution in [0.4, 0.5) is 9.59 Å². The third kappa shape index (κ3) is 23.8. The molecule has 2 saturated heterocycles. The van der Waals surface area contributed by atoms with Gasteiger partial charge in [-0.15, -0.1) is 0 Å². The zero-order valence-corrected chi connectivity index (χ0v) is 62.1. The molecule has 2 aliphatic carbocycles. The molecule has 2 aliphatic heterocycles. The number of amides is 4. The van der Waals surface area contributed by atoms with E-state index in [9.17, 15) is 43.2 Å². The predicted molar refractivity (Wildman–Crippen MR) is 387 cm³/mol. The molecule has 19 nitrogen and oxygen atoms in total.